The summed E-state index contributed by atoms with van der Waals surface area (Å²) in [5, 5.41) is 5.05. The number of sulfonamides is 1. The van der Waals surface area contributed by atoms with E-state index in [1.165, 1.54) is 4.31 Å². The fourth-order valence-corrected chi connectivity index (χ4v) is 6.48. The van der Waals surface area contributed by atoms with Crippen LogP contribution in [-0.2, 0) is 14.8 Å². The normalized spacial score (nSPS) is 25.3. The zero-order valence-electron chi connectivity index (χ0n) is 15.5. The maximum atomic E-state index is 13.1. The number of carbonyl (C=O) groups is 1. The Kier molecular flexibility index (Phi) is 5.02. The van der Waals surface area contributed by atoms with Crippen LogP contribution < -0.4 is 9.62 Å². The number of hydrogen-bond donors (Lipinski definition) is 1. The summed E-state index contributed by atoms with van der Waals surface area (Å²) in [6.07, 6.45) is 1.98. The monoisotopic (exact) mass is 421 g/mol. The molecule has 1 amide bonds. The first-order valence-electron chi connectivity index (χ1n) is 9.59. The van der Waals surface area contributed by atoms with E-state index >= 15 is 0 Å². The third-order valence-corrected chi connectivity index (χ3v) is 8.13. The van der Waals surface area contributed by atoms with Crippen LogP contribution in [-0.4, -0.2) is 51.9 Å². The molecule has 1 N–H and O–H groups in total. The molecule has 8 heteroatoms. The molecule has 0 saturated carbocycles. The number of nitrogens with zero attached hydrogens (tertiary/aromatic N) is 2. The Labute approximate surface area is 171 Å². The van der Waals surface area contributed by atoms with Crippen molar-refractivity contribution in [3.8, 4) is 0 Å². The predicted molar refractivity (Wildman–Crippen MR) is 111 cm³/mol. The number of carbonyl (C=O) groups excluding carboxylic acids is 1. The van der Waals surface area contributed by atoms with E-state index in [1.807, 2.05) is 23.1 Å². The molecule has 2 atom stereocenters. The van der Waals surface area contributed by atoms with Crippen LogP contribution in [0.25, 0.3) is 10.8 Å². The van der Waals surface area contributed by atoms with Gasteiger partial charge < -0.3 is 10.2 Å². The number of anilines is 1. The second-order valence-corrected chi connectivity index (χ2v) is 9.61. The van der Waals surface area contributed by atoms with Gasteiger partial charge in [0.15, 0.2) is 0 Å². The fourth-order valence-electron chi connectivity index (χ4n) is 4.82. The molecular weight excluding hydrogens is 398 g/mol. The quantitative estimate of drug-likeness (QED) is 0.807. The van der Waals surface area contributed by atoms with Gasteiger partial charge in [-0.3, -0.25) is 9.10 Å². The van der Waals surface area contributed by atoms with Crippen LogP contribution in [0.1, 0.15) is 12.8 Å². The molecule has 0 radical (unpaired) electrons. The molecule has 2 aromatic rings. The summed E-state index contributed by atoms with van der Waals surface area (Å²) in [5.74, 6) is 1.17. The van der Waals surface area contributed by atoms with Crippen LogP contribution in [0.3, 0.4) is 0 Å². The highest BCUT2D eigenvalue weighted by molar-refractivity contribution is 7.93. The number of benzene rings is 2. The Morgan fingerprint density at radius 2 is 1.68 bits per heavy atom. The lowest BCUT2D eigenvalue weighted by molar-refractivity contribution is -0.129. The van der Waals surface area contributed by atoms with Crippen molar-refractivity contribution in [1.29, 1.82) is 0 Å². The highest BCUT2D eigenvalue weighted by Crippen LogP contribution is 2.41. The standard InChI is InChI=1S/C20H23N3O3S.ClH/c24-19(22-9-7-15-11-21-12-16(15)8-10-22)13-23-17-5-1-3-14-4-2-6-18(20(14)17)27(23,25)26;/h1-6,15-16,21H,7-13H2;1H/t15-,16+;. The van der Waals surface area contributed by atoms with E-state index in [9.17, 15) is 13.2 Å². The minimum atomic E-state index is -3.68. The van der Waals surface area contributed by atoms with E-state index in [1.54, 1.807) is 18.2 Å². The van der Waals surface area contributed by atoms with Crippen molar-refractivity contribution in [3.63, 3.8) is 0 Å². The predicted octanol–water partition coefficient (Wildman–Crippen LogP) is 2.23. The lowest BCUT2D eigenvalue weighted by Crippen LogP contribution is -2.42. The van der Waals surface area contributed by atoms with Crippen molar-refractivity contribution in [2.45, 2.75) is 17.7 Å². The van der Waals surface area contributed by atoms with Crippen LogP contribution in [0.5, 0.6) is 0 Å². The molecule has 0 unspecified atom stereocenters. The van der Waals surface area contributed by atoms with Crippen molar-refractivity contribution >= 4 is 44.8 Å². The van der Waals surface area contributed by atoms with Crippen LogP contribution in [0.15, 0.2) is 41.3 Å². The first-order chi connectivity index (χ1) is 13.1. The zero-order valence-corrected chi connectivity index (χ0v) is 17.1. The SMILES string of the molecule is Cl.O=C(CN1c2cccc3cccc(c23)S1(=O)=O)N1CC[C@@H]2CNC[C@@H]2CC1. The lowest BCUT2D eigenvalue weighted by atomic mass is 9.92. The Morgan fingerprint density at radius 3 is 2.36 bits per heavy atom. The van der Waals surface area contributed by atoms with E-state index < -0.39 is 10.0 Å². The average Bonchev–Trinajstić information content (AvgIpc) is 3.12. The van der Waals surface area contributed by atoms with Gasteiger partial charge in [0.25, 0.3) is 10.0 Å². The molecule has 2 saturated heterocycles. The van der Waals surface area contributed by atoms with E-state index in [2.05, 4.69) is 5.32 Å². The highest BCUT2D eigenvalue weighted by Gasteiger charge is 2.38. The first-order valence-corrected chi connectivity index (χ1v) is 11.0. The molecule has 5 rings (SSSR count). The second kappa shape index (κ2) is 7.21. The van der Waals surface area contributed by atoms with Crippen molar-refractivity contribution in [3.05, 3.63) is 36.4 Å². The number of rotatable bonds is 2. The summed E-state index contributed by atoms with van der Waals surface area (Å²) in [5.41, 5.74) is 0.618. The van der Waals surface area contributed by atoms with E-state index in [0.29, 0.717) is 35.5 Å². The summed E-state index contributed by atoms with van der Waals surface area (Å²) in [6, 6.07) is 10.8. The van der Waals surface area contributed by atoms with Crippen molar-refractivity contribution in [2.75, 3.05) is 37.0 Å². The maximum absolute atomic E-state index is 13.1. The van der Waals surface area contributed by atoms with E-state index in [0.717, 1.165) is 36.7 Å². The molecule has 3 heterocycles. The lowest BCUT2D eigenvalue weighted by Gasteiger charge is -2.25. The summed E-state index contributed by atoms with van der Waals surface area (Å²) < 4.78 is 27.4. The van der Waals surface area contributed by atoms with E-state index in [4.69, 9.17) is 0 Å². The van der Waals surface area contributed by atoms with Gasteiger partial charge in [-0.05, 0) is 55.3 Å². The second-order valence-electron chi connectivity index (χ2n) is 7.78. The summed E-state index contributed by atoms with van der Waals surface area (Å²) in [6.45, 7) is 3.37. The molecule has 2 fully saturated rings. The van der Waals surface area contributed by atoms with Crippen molar-refractivity contribution in [1.82, 2.24) is 10.2 Å². The first kappa shape index (κ1) is 19.5. The Morgan fingerprint density at radius 1 is 1.04 bits per heavy atom. The van der Waals surface area contributed by atoms with Crippen LogP contribution in [0.2, 0.25) is 0 Å². The van der Waals surface area contributed by atoms with Gasteiger partial charge in [0.1, 0.15) is 6.54 Å². The van der Waals surface area contributed by atoms with Crippen LogP contribution >= 0.6 is 12.4 Å². The molecule has 6 nitrogen and oxygen atoms in total. The van der Waals surface area contributed by atoms with Gasteiger partial charge in [-0.15, -0.1) is 12.4 Å². The number of likely N-dealkylation sites (tertiary alicyclic amines) is 1. The Hall–Kier alpha value is -1.83. The zero-order chi connectivity index (χ0) is 18.6. The molecule has 0 aliphatic carbocycles. The summed E-state index contributed by atoms with van der Waals surface area (Å²) in [4.78, 5) is 15.2. The smallest absolute Gasteiger partial charge is 0.265 e. The summed E-state index contributed by atoms with van der Waals surface area (Å²) >= 11 is 0. The fraction of sp³-hybridized carbons (Fsp3) is 0.450. The largest absolute Gasteiger partial charge is 0.341 e. The average molecular weight is 422 g/mol. The molecule has 150 valence electrons. The van der Waals surface area contributed by atoms with Gasteiger partial charge in [0.05, 0.1) is 10.6 Å². The minimum absolute atomic E-state index is 0. The Bertz CT molecular complexity index is 1010. The van der Waals surface area contributed by atoms with Gasteiger partial charge in [0, 0.05) is 18.5 Å². The highest BCUT2D eigenvalue weighted by atomic mass is 35.5. The number of amides is 1. The molecule has 0 spiro atoms. The number of hydrogen-bond acceptors (Lipinski definition) is 4. The van der Waals surface area contributed by atoms with Gasteiger partial charge in [-0.1, -0.05) is 24.3 Å². The molecular formula is C20H24ClN3O3S. The third-order valence-electron chi connectivity index (χ3n) is 6.33. The number of halogens is 1. The topological polar surface area (TPSA) is 69.7 Å². The van der Waals surface area contributed by atoms with Gasteiger partial charge in [-0.2, -0.15) is 0 Å². The Balaban J connectivity index is 0.00000192. The molecule has 0 bridgehead atoms. The molecule has 28 heavy (non-hydrogen) atoms. The van der Waals surface area contributed by atoms with Gasteiger partial charge in [-0.25, -0.2) is 8.42 Å². The molecule has 2 aromatic carbocycles. The van der Waals surface area contributed by atoms with Crippen molar-refractivity contribution < 1.29 is 13.2 Å². The minimum Gasteiger partial charge on any atom is -0.341 e. The van der Waals surface area contributed by atoms with Crippen molar-refractivity contribution in [2.24, 2.45) is 11.8 Å². The number of fused-ring (bicyclic) bond motifs is 1. The van der Waals surface area contributed by atoms with Crippen LogP contribution in [0.4, 0.5) is 5.69 Å². The summed E-state index contributed by atoms with van der Waals surface area (Å²) in [7, 11) is -3.68. The van der Waals surface area contributed by atoms with Gasteiger partial charge in [0.2, 0.25) is 5.91 Å². The van der Waals surface area contributed by atoms with Gasteiger partial charge >= 0.3 is 0 Å². The molecule has 3 aliphatic rings. The molecule has 3 aliphatic heterocycles. The molecule has 0 aromatic heterocycles. The number of nitrogens with one attached hydrogen (secondary N) is 1. The van der Waals surface area contributed by atoms with E-state index in [-0.39, 0.29) is 24.9 Å². The maximum Gasteiger partial charge on any atom is 0.265 e. The third kappa shape index (κ3) is 2.96. The van der Waals surface area contributed by atoms with Crippen LogP contribution in [0, 0.1) is 11.8 Å².